The topological polar surface area (TPSA) is 42.2 Å². The zero-order valence-corrected chi connectivity index (χ0v) is 12.6. The van der Waals surface area contributed by atoms with Crippen LogP contribution in [0.2, 0.25) is 0 Å². The van der Waals surface area contributed by atoms with Gasteiger partial charge >= 0.3 is 0 Å². The monoisotopic (exact) mass is 289 g/mol. The number of para-hydroxylation sites is 1. The van der Waals surface area contributed by atoms with Crippen molar-refractivity contribution in [2.75, 3.05) is 10.6 Å². The Morgan fingerprint density at radius 2 is 1.59 bits per heavy atom. The van der Waals surface area contributed by atoms with Crippen molar-refractivity contribution in [3.8, 4) is 0 Å². The average molecular weight is 289 g/mol. The Kier molecular flexibility index (Phi) is 4.05. The molecule has 3 heteroatoms. The molecule has 1 heterocycles. The summed E-state index contributed by atoms with van der Waals surface area (Å²) in [5.41, 5.74) is 10.3. The van der Waals surface area contributed by atoms with Crippen LogP contribution in [0.1, 0.15) is 11.1 Å². The van der Waals surface area contributed by atoms with Gasteiger partial charge in [0.05, 0.1) is 5.69 Å². The van der Waals surface area contributed by atoms with Crippen LogP contribution in [0, 0.1) is 6.92 Å². The SMILES string of the molecule is Cc1cnc(N(Cc2ccccc2)c2ccccc2)c(N)c1. The Morgan fingerprint density at radius 3 is 2.23 bits per heavy atom. The first-order chi connectivity index (χ1) is 10.7. The third-order valence-electron chi connectivity index (χ3n) is 3.54. The van der Waals surface area contributed by atoms with Gasteiger partial charge in [0.2, 0.25) is 0 Å². The molecule has 22 heavy (non-hydrogen) atoms. The number of nitrogens with zero attached hydrogens (tertiary/aromatic N) is 2. The van der Waals surface area contributed by atoms with Gasteiger partial charge in [-0.05, 0) is 36.2 Å². The molecule has 1 aromatic heterocycles. The fraction of sp³-hybridized carbons (Fsp3) is 0.105. The number of hydrogen-bond donors (Lipinski definition) is 1. The molecule has 0 saturated heterocycles. The zero-order chi connectivity index (χ0) is 15.4. The second kappa shape index (κ2) is 6.31. The van der Waals surface area contributed by atoms with E-state index in [0.717, 1.165) is 23.6 Å². The molecule has 110 valence electrons. The number of nitrogen functional groups attached to an aromatic ring is 1. The van der Waals surface area contributed by atoms with E-state index in [2.05, 4.69) is 34.1 Å². The maximum Gasteiger partial charge on any atom is 0.156 e. The molecule has 0 bridgehead atoms. The molecule has 0 spiro atoms. The van der Waals surface area contributed by atoms with Gasteiger partial charge in [-0.15, -0.1) is 0 Å². The molecule has 3 aromatic rings. The lowest BCUT2D eigenvalue weighted by molar-refractivity contribution is 0.948. The third-order valence-corrected chi connectivity index (χ3v) is 3.54. The summed E-state index contributed by atoms with van der Waals surface area (Å²) >= 11 is 0. The van der Waals surface area contributed by atoms with Crippen molar-refractivity contribution in [3.05, 3.63) is 84.1 Å². The molecule has 0 aliphatic heterocycles. The quantitative estimate of drug-likeness (QED) is 0.778. The van der Waals surface area contributed by atoms with Gasteiger partial charge < -0.3 is 10.6 Å². The highest BCUT2D eigenvalue weighted by Gasteiger charge is 2.14. The first-order valence-electron chi connectivity index (χ1n) is 7.32. The fourth-order valence-corrected chi connectivity index (χ4v) is 2.47. The van der Waals surface area contributed by atoms with E-state index in [0.29, 0.717) is 5.69 Å². The lowest BCUT2D eigenvalue weighted by Crippen LogP contribution is -2.19. The summed E-state index contributed by atoms with van der Waals surface area (Å²) in [7, 11) is 0. The number of hydrogen-bond acceptors (Lipinski definition) is 3. The first-order valence-corrected chi connectivity index (χ1v) is 7.32. The van der Waals surface area contributed by atoms with Gasteiger partial charge in [0.1, 0.15) is 0 Å². The first kappa shape index (κ1) is 14.1. The maximum atomic E-state index is 6.21. The molecule has 0 aliphatic rings. The number of benzene rings is 2. The highest BCUT2D eigenvalue weighted by atomic mass is 15.2. The number of anilines is 3. The van der Waals surface area contributed by atoms with E-state index in [4.69, 9.17) is 5.73 Å². The van der Waals surface area contributed by atoms with E-state index in [1.807, 2.05) is 55.6 Å². The highest BCUT2D eigenvalue weighted by Crippen LogP contribution is 2.30. The van der Waals surface area contributed by atoms with E-state index in [-0.39, 0.29) is 0 Å². The van der Waals surface area contributed by atoms with Crippen molar-refractivity contribution in [3.63, 3.8) is 0 Å². The second-order valence-electron chi connectivity index (χ2n) is 5.33. The van der Waals surface area contributed by atoms with Crippen LogP contribution < -0.4 is 10.6 Å². The number of rotatable bonds is 4. The predicted molar refractivity (Wildman–Crippen MR) is 92.1 cm³/mol. The molecule has 0 amide bonds. The van der Waals surface area contributed by atoms with Gasteiger partial charge in [0, 0.05) is 18.4 Å². The van der Waals surface area contributed by atoms with E-state index in [1.165, 1.54) is 5.56 Å². The predicted octanol–water partition coefficient (Wildman–Crippen LogP) is 4.31. The fourth-order valence-electron chi connectivity index (χ4n) is 2.47. The van der Waals surface area contributed by atoms with Gasteiger partial charge in [-0.2, -0.15) is 0 Å². The van der Waals surface area contributed by atoms with E-state index in [9.17, 15) is 0 Å². The summed E-state index contributed by atoms with van der Waals surface area (Å²) in [6, 6.07) is 22.5. The molecule has 3 rings (SSSR count). The third kappa shape index (κ3) is 3.09. The summed E-state index contributed by atoms with van der Waals surface area (Å²) in [5, 5.41) is 0. The number of pyridine rings is 1. The summed E-state index contributed by atoms with van der Waals surface area (Å²) in [6.45, 7) is 2.72. The van der Waals surface area contributed by atoms with Crippen molar-refractivity contribution in [2.45, 2.75) is 13.5 Å². The van der Waals surface area contributed by atoms with Crippen molar-refractivity contribution >= 4 is 17.2 Å². The molecule has 0 fully saturated rings. The van der Waals surface area contributed by atoms with Crippen LogP contribution >= 0.6 is 0 Å². The molecule has 0 unspecified atom stereocenters. The Balaban J connectivity index is 2.03. The van der Waals surface area contributed by atoms with Crippen LogP contribution in [-0.4, -0.2) is 4.98 Å². The molecule has 3 nitrogen and oxygen atoms in total. The van der Waals surface area contributed by atoms with Gasteiger partial charge in [-0.25, -0.2) is 4.98 Å². The van der Waals surface area contributed by atoms with Crippen molar-refractivity contribution in [2.24, 2.45) is 0 Å². The molecule has 0 saturated carbocycles. The second-order valence-corrected chi connectivity index (χ2v) is 5.33. The summed E-state index contributed by atoms with van der Waals surface area (Å²) in [5.74, 6) is 0.792. The van der Waals surface area contributed by atoms with Crippen LogP contribution in [0.25, 0.3) is 0 Å². The van der Waals surface area contributed by atoms with Crippen LogP contribution in [-0.2, 0) is 6.54 Å². The van der Waals surface area contributed by atoms with Gasteiger partial charge in [0.25, 0.3) is 0 Å². The van der Waals surface area contributed by atoms with Gasteiger partial charge in [0.15, 0.2) is 5.82 Å². The smallest absolute Gasteiger partial charge is 0.156 e. The Morgan fingerprint density at radius 1 is 0.955 bits per heavy atom. The summed E-state index contributed by atoms with van der Waals surface area (Å²) < 4.78 is 0. The molecular formula is C19H19N3. The molecule has 0 aliphatic carbocycles. The maximum absolute atomic E-state index is 6.21. The Hall–Kier alpha value is -2.81. The average Bonchev–Trinajstić information content (AvgIpc) is 2.55. The van der Waals surface area contributed by atoms with Gasteiger partial charge in [-0.1, -0.05) is 48.5 Å². The van der Waals surface area contributed by atoms with Crippen LogP contribution in [0.15, 0.2) is 72.9 Å². The van der Waals surface area contributed by atoms with Crippen LogP contribution in [0.3, 0.4) is 0 Å². The molecule has 0 radical (unpaired) electrons. The Labute approximate surface area is 131 Å². The lowest BCUT2D eigenvalue weighted by atomic mass is 10.2. The molecular weight excluding hydrogens is 270 g/mol. The van der Waals surface area contributed by atoms with Crippen molar-refractivity contribution in [1.29, 1.82) is 0 Å². The minimum absolute atomic E-state index is 0.694. The Bertz CT molecular complexity index is 739. The molecule has 2 N–H and O–H groups in total. The number of aromatic nitrogens is 1. The molecule has 2 aromatic carbocycles. The summed E-state index contributed by atoms with van der Waals surface area (Å²) in [4.78, 5) is 6.69. The minimum atomic E-state index is 0.694. The van der Waals surface area contributed by atoms with Crippen molar-refractivity contribution < 1.29 is 0 Å². The van der Waals surface area contributed by atoms with Crippen LogP contribution in [0.4, 0.5) is 17.2 Å². The molecule has 0 atom stereocenters. The highest BCUT2D eigenvalue weighted by molar-refractivity contribution is 5.71. The van der Waals surface area contributed by atoms with Crippen LogP contribution in [0.5, 0.6) is 0 Å². The van der Waals surface area contributed by atoms with E-state index < -0.39 is 0 Å². The van der Waals surface area contributed by atoms with E-state index >= 15 is 0 Å². The number of aryl methyl sites for hydroxylation is 1. The van der Waals surface area contributed by atoms with Gasteiger partial charge in [-0.3, -0.25) is 0 Å². The standard InChI is InChI=1S/C19H19N3/c1-15-12-18(20)19(21-13-15)22(17-10-6-3-7-11-17)14-16-8-4-2-5-9-16/h2-13H,14,20H2,1H3. The minimum Gasteiger partial charge on any atom is -0.396 e. The zero-order valence-electron chi connectivity index (χ0n) is 12.6. The lowest BCUT2D eigenvalue weighted by Gasteiger charge is -2.25. The van der Waals surface area contributed by atoms with E-state index in [1.54, 1.807) is 0 Å². The number of nitrogens with two attached hydrogens (primary N) is 1. The van der Waals surface area contributed by atoms with Crippen molar-refractivity contribution in [1.82, 2.24) is 4.98 Å². The normalized spacial score (nSPS) is 10.4. The largest absolute Gasteiger partial charge is 0.396 e. The summed E-state index contributed by atoms with van der Waals surface area (Å²) in [6.07, 6.45) is 1.85.